The molecule has 132 valence electrons. The van der Waals surface area contributed by atoms with E-state index in [-0.39, 0.29) is 11.8 Å². The monoisotopic (exact) mass is 488 g/mol. The fourth-order valence-electron chi connectivity index (χ4n) is 2.15. The largest absolute Gasteiger partial charge is 0.340 e. The number of thioether (sulfide) groups is 1. The molecule has 2 amide bonds. The van der Waals surface area contributed by atoms with Crippen molar-refractivity contribution in [1.29, 1.82) is 0 Å². The Bertz CT molecular complexity index is 740. The number of hydrogen-bond acceptors (Lipinski definition) is 3. The molecule has 0 aromatic heterocycles. The topological polar surface area (TPSA) is 58.2 Å². The molecule has 2 N–H and O–H groups in total. The number of rotatable bonds is 7. The van der Waals surface area contributed by atoms with Crippen LogP contribution in [0.4, 0.5) is 5.69 Å². The van der Waals surface area contributed by atoms with Crippen LogP contribution in [0.2, 0.25) is 5.02 Å². The molecule has 0 fully saturated rings. The minimum atomic E-state index is -0.629. The summed E-state index contributed by atoms with van der Waals surface area (Å²) < 4.78 is 1.08. The van der Waals surface area contributed by atoms with Crippen molar-refractivity contribution in [3.8, 4) is 0 Å². The first kappa shape index (κ1) is 20.1. The molecule has 0 spiro atoms. The van der Waals surface area contributed by atoms with Crippen molar-refractivity contribution in [2.24, 2.45) is 0 Å². The smallest absolute Gasteiger partial charge is 0.253 e. The van der Waals surface area contributed by atoms with Gasteiger partial charge >= 0.3 is 0 Å². The second-order valence-corrected chi connectivity index (χ2v) is 7.92. The first-order chi connectivity index (χ1) is 12.0. The number of carbonyl (C=O) groups excluding carboxylic acids is 2. The lowest BCUT2D eigenvalue weighted by Gasteiger charge is -2.18. The minimum Gasteiger partial charge on any atom is -0.340 e. The number of benzene rings is 2. The molecule has 25 heavy (non-hydrogen) atoms. The van der Waals surface area contributed by atoms with E-state index in [4.69, 9.17) is 11.6 Å². The van der Waals surface area contributed by atoms with E-state index in [1.165, 1.54) is 0 Å². The highest BCUT2D eigenvalue weighted by Crippen LogP contribution is 2.16. The first-order valence-electron chi connectivity index (χ1n) is 7.62. The summed E-state index contributed by atoms with van der Waals surface area (Å²) in [6.45, 7) is 0. The van der Waals surface area contributed by atoms with Gasteiger partial charge < -0.3 is 10.6 Å². The zero-order chi connectivity index (χ0) is 18.2. The van der Waals surface area contributed by atoms with Crippen molar-refractivity contribution in [2.75, 3.05) is 17.3 Å². The molecular formula is C18H18ClIN2O2S. The highest BCUT2D eigenvalue weighted by Gasteiger charge is 2.22. The van der Waals surface area contributed by atoms with Gasteiger partial charge in [-0.1, -0.05) is 23.7 Å². The summed E-state index contributed by atoms with van der Waals surface area (Å²) in [6.07, 6.45) is 2.50. The van der Waals surface area contributed by atoms with E-state index in [9.17, 15) is 9.59 Å². The minimum absolute atomic E-state index is 0.240. The van der Waals surface area contributed by atoms with Crippen molar-refractivity contribution in [2.45, 2.75) is 12.5 Å². The Morgan fingerprint density at radius 2 is 1.84 bits per heavy atom. The third-order valence-electron chi connectivity index (χ3n) is 3.46. The maximum atomic E-state index is 12.6. The SMILES string of the molecule is CSCCC(NC(=O)c1ccccc1Cl)C(=O)Nc1ccc(I)cc1. The van der Waals surface area contributed by atoms with E-state index in [1.54, 1.807) is 36.0 Å². The van der Waals surface area contributed by atoms with Crippen molar-refractivity contribution >= 4 is 63.5 Å². The predicted octanol–water partition coefficient (Wildman–Crippen LogP) is 4.43. The van der Waals surface area contributed by atoms with E-state index in [0.29, 0.717) is 22.7 Å². The van der Waals surface area contributed by atoms with E-state index < -0.39 is 6.04 Å². The lowest BCUT2D eigenvalue weighted by Crippen LogP contribution is -2.44. The summed E-state index contributed by atoms with van der Waals surface area (Å²) >= 11 is 9.89. The molecule has 0 aliphatic carbocycles. The van der Waals surface area contributed by atoms with Gasteiger partial charge in [0.05, 0.1) is 10.6 Å². The zero-order valence-corrected chi connectivity index (χ0v) is 17.3. The normalized spacial score (nSPS) is 11.6. The summed E-state index contributed by atoms with van der Waals surface area (Å²) in [5.41, 5.74) is 1.06. The molecule has 0 radical (unpaired) electrons. The number of nitrogens with one attached hydrogen (secondary N) is 2. The van der Waals surface area contributed by atoms with Gasteiger partial charge in [-0.25, -0.2) is 0 Å². The van der Waals surface area contributed by atoms with Crippen LogP contribution in [0.15, 0.2) is 48.5 Å². The molecule has 2 rings (SSSR count). The van der Waals surface area contributed by atoms with Crippen molar-refractivity contribution in [1.82, 2.24) is 5.32 Å². The first-order valence-corrected chi connectivity index (χ1v) is 10.5. The summed E-state index contributed by atoms with van der Waals surface area (Å²) in [6, 6.07) is 13.7. The van der Waals surface area contributed by atoms with Crippen LogP contribution in [0, 0.1) is 3.57 Å². The molecule has 2 aromatic rings. The van der Waals surface area contributed by atoms with Crippen LogP contribution in [-0.4, -0.2) is 29.9 Å². The Morgan fingerprint density at radius 3 is 2.48 bits per heavy atom. The molecule has 0 aliphatic heterocycles. The van der Waals surface area contributed by atoms with Gasteiger partial charge in [-0.15, -0.1) is 0 Å². The Morgan fingerprint density at radius 1 is 1.16 bits per heavy atom. The number of hydrogen-bond donors (Lipinski definition) is 2. The Balaban J connectivity index is 2.09. The van der Waals surface area contributed by atoms with Gasteiger partial charge in [0.1, 0.15) is 6.04 Å². The highest BCUT2D eigenvalue weighted by molar-refractivity contribution is 14.1. The molecule has 7 heteroatoms. The van der Waals surface area contributed by atoms with Crippen molar-refractivity contribution < 1.29 is 9.59 Å². The molecule has 0 bridgehead atoms. The molecule has 4 nitrogen and oxygen atoms in total. The Hall–Kier alpha value is -1.25. The molecular weight excluding hydrogens is 471 g/mol. The highest BCUT2D eigenvalue weighted by atomic mass is 127. The van der Waals surface area contributed by atoms with Crippen molar-refractivity contribution in [3.05, 3.63) is 62.7 Å². The van der Waals surface area contributed by atoms with E-state index in [0.717, 1.165) is 9.32 Å². The Kier molecular flexibility index (Phi) is 8.05. The summed E-state index contributed by atoms with van der Waals surface area (Å²) in [4.78, 5) is 25.0. The fraction of sp³-hybridized carbons (Fsp3) is 0.222. The maximum Gasteiger partial charge on any atom is 0.253 e. The van der Waals surface area contributed by atoms with Gasteiger partial charge in [-0.2, -0.15) is 11.8 Å². The predicted molar refractivity (Wildman–Crippen MR) is 113 cm³/mol. The zero-order valence-electron chi connectivity index (χ0n) is 13.6. The summed E-state index contributed by atoms with van der Waals surface area (Å²) in [5, 5.41) is 6.00. The standard InChI is InChI=1S/C18H18ClIN2O2S/c1-25-11-10-16(18(24)21-13-8-6-12(20)7-9-13)22-17(23)14-4-2-3-5-15(14)19/h2-9,16H,10-11H2,1H3,(H,21,24)(H,22,23). The van der Waals surface area contributed by atoms with E-state index in [1.807, 2.05) is 30.5 Å². The number of halogens is 2. The maximum absolute atomic E-state index is 12.6. The molecule has 1 unspecified atom stereocenters. The van der Waals surface area contributed by atoms with E-state index in [2.05, 4.69) is 33.2 Å². The third kappa shape index (κ3) is 6.20. The fourth-order valence-corrected chi connectivity index (χ4v) is 3.20. The van der Waals surface area contributed by atoms with Gasteiger partial charge in [0, 0.05) is 9.26 Å². The van der Waals surface area contributed by atoms with Gasteiger partial charge in [0.2, 0.25) is 5.91 Å². The lowest BCUT2D eigenvalue weighted by molar-refractivity contribution is -0.118. The van der Waals surface area contributed by atoms with Crippen LogP contribution in [0.3, 0.4) is 0 Å². The lowest BCUT2D eigenvalue weighted by atomic mass is 10.1. The van der Waals surface area contributed by atoms with E-state index >= 15 is 0 Å². The van der Waals surface area contributed by atoms with Gasteiger partial charge in [-0.3, -0.25) is 9.59 Å². The molecule has 0 aliphatic rings. The summed E-state index contributed by atoms with van der Waals surface area (Å²) in [5.74, 6) is 0.165. The van der Waals surface area contributed by atoms with Crippen LogP contribution in [-0.2, 0) is 4.79 Å². The molecule has 0 saturated heterocycles. The quantitative estimate of drug-likeness (QED) is 0.567. The number of anilines is 1. The van der Waals surface area contributed by atoms with Gasteiger partial charge in [0.15, 0.2) is 0 Å². The van der Waals surface area contributed by atoms with Gasteiger partial charge in [0.25, 0.3) is 5.91 Å². The number of amides is 2. The van der Waals surface area contributed by atoms with Crippen LogP contribution >= 0.6 is 46.0 Å². The summed E-state index contributed by atoms with van der Waals surface area (Å²) in [7, 11) is 0. The average Bonchev–Trinajstić information content (AvgIpc) is 2.60. The van der Waals surface area contributed by atoms with Crippen molar-refractivity contribution in [3.63, 3.8) is 0 Å². The Labute approximate surface area is 170 Å². The van der Waals surface area contributed by atoms with Gasteiger partial charge in [-0.05, 0) is 77.4 Å². The molecule has 2 aromatic carbocycles. The molecule has 0 heterocycles. The van der Waals surface area contributed by atoms with Crippen LogP contribution in [0.5, 0.6) is 0 Å². The number of carbonyl (C=O) groups is 2. The average molecular weight is 489 g/mol. The molecule has 0 saturated carbocycles. The second kappa shape index (κ2) is 10.0. The molecule has 1 atom stereocenters. The second-order valence-electron chi connectivity index (χ2n) is 5.28. The van der Waals surface area contributed by atoms with Crippen LogP contribution in [0.25, 0.3) is 0 Å². The van der Waals surface area contributed by atoms with Crippen LogP contribution in [0.1, 0.15) is 16.8 Å². The van der Waals surface area contributed by atoms with Crippen LogP contribution < -0.4 is 10.6 Å². The third-order valence-corrected chi connectivity index (χ3v) is 5.16.